The number of nitrogen functional groups attached to an aromatic ring is 1. The van der Waals surface area contributed by atoms with Crippen molar-refractivity contribution in [3.63, 3.8) is 0 Å². The van der Waals surface area contributed by atoms with Gasteiger partial charge in [0.25, 0.3) is 5.70 Å². The lowest BCUT2D eigenvalue weighted by molar-refractivity contribution is -0.463. The minimum absolute atomic E-state index is 0.144. The van der Waals surface area contributed by atoms with Crippen molar-refractivity contribution < 1.29 is 9.68 Å². The van der Waals surface area contributed by atoms with Crippen molar-refractivity contribution in [3.05, 3.63) is 129 Å². The summed E-state index contributed by atoms with van der Waals surface area (Å²) >= 11 is 0. The highest BCUT2D eigenvalue weighted by Gasteiger charge is 2.41. The van der Waals surface area contributed by atoms with Gasteiger partial charge < -0.3 is 35.3 Å². The van der Waals surface area contributed by atoms with Crippen LogP contribution in [-0.4, -0.2) is 94.9 Å². The van der Waals surface area contributed by atoms with E-state index in [4.69, 9.17) is 12.3 Å². The quantitative estimate of drug-likeness (QED) is 0.0668. The Balaban J connectivity index is 1.79. The van der Waals surface area contributed by atoms with Crippen molar-refractivity contribution in [2.75, 3.05) is 115 Å². The molecule has 0 saturated carbocycles. The number of benzene rings is 5. The average Bonchev–Trinajstić information content (AvgIpc) is 3.16. The first-order valence-corrected chi connectivity index (χ1v) is 18.8. The molecule has 0 unspecified atom stereocenters. The molecule has 10 heteroatoms. The van der Waals surface area contributed by atoms with E-state index in [1.807, 2.05) is 133 Å². The zero-order valence-electron chi connectivity index (χ0n) is 34.9. The third-order valence-electron chi connectivity index (χ3n) is 11.1. The standard InChI is InChI=1S/C47H49N9O/c1-50-30(25-48)41-43(35-26-17-14-20-31(51(2)3)36(26)45(55(10)11)37-27(35)18-15-21-32(37)52(4)5)47(57)44(41)39-28-19-16-22-33(53(6)7)38(28)46(56(12)13)42-34(54(8)9)24-23-29(49)40(39)42/h14-24H,49H2,2-13H3/b41-30+. The molecule has 288 valence electrons. The maximum atomic E-state index is 15.7. The number of rotatable bonds is 6. The summed E-state index contributed by atoms with van der Waals surface area (Å²) in [5, 5.41) is 29.8. The molecule has 0 radical (unpaired) electrons. The van der Waals surface area contributed by atoms with Gasteiger partial charge in [-0.05, 0) is 69.1 Å². The summed E-state index contributed by atoms with van der Waals surface area (Å²) in [4.78, 5) is 14.2. The van der Waals surface area contributed by atoms with Crippen molar-refractivity contribution >= 4 is 72.5 Å². The van der Waals surface area contributed by atoms with Gasteiger partial charge in [-0.25, -0.2) is 14.7 Å². The summed E-state index contributed by atoms with van der Waals surface area (Å²) in [6.07, 6.45) is 0. The fraction of sp³-hybridized carbons (Fsp3) is 0.255. The van der Waals surface area contributed by atoms with E-state index in [2.05, 4.69) is 58.2 Å². The number of fused-ring (bicyclic) bond motifs is 4. The van der Waals surface area contributed by atoms with E-state index in [1.165, 1.54) is 0 Å². The second kappa shape index (κ2) is 14.0. The molecule has 0 aromatic heterocycles. The highest BCUT2D eigenvalue weighted by molar-refractivity contribution is 6.30. The van der Waals surface area contributed by atoms with E-state index in [0.717, 1.165) is 72.6 Å². The van der Waals surface area contributed by atoms with Gasteiger partial charge in [0.2, 0.25) is 5.71 Å². The molecule has 7 rings (SSSR count). The molecule has 0 atom stereocenters. The summed E-state index contributed by atoms with van der Waals surface area (Å²) < 4.78 is 2.13. The summed E-state index contributed by atoms with van der Waals surface area (Å²) in [5.41, 5.74) is 19.2. The molecule has 5 aromatic carbocycles. The van der Waals surface area contributed by atoms with Crippen molar-refractivity contribution in [3.8, 4) is 6.07 Å². The maximum Gasteiger partial charge on any atom is 0.270 e. The highest BCUT2D eigenvalue weighted by Crippen LogP contribution is 2.58. The van der Waals surface area contributed by atoms with Gasteiger partial charge in [-0.15, -0.1) is 0 Å². The number of hydrogen-bond acceptors (Lipinski definition) is 8. The molecule has 0 saturated heterocycles. The fourth-order valence-corrected chi connectivity index (χ4v) is 8.82. The van der Waals surface area contributed by atoms with Gasteiger partial charge in [0.1, 0.15) is 14.1 Å². The molecule has 0 spiro atoms. The molecule has 0 fully saturated rings. The predicted molar refractivity (Wildman–Crippen MR) is 238 cm³/mol. The molecule has 0 heterocycles. The maximum absolute atomic E-state index is 15.7. The van der Waals surface area contributed by atoms with Crippen LogP contribution in [0.15, 0.2) is 89.3 Å². The van der Waals surface area contributed by atoms with Crippen molar-refractivity contribution in [2.24, 2.45) is 0 Å². The largest absolute Gasteiger partial charge is 0.872 e. The molecular formula is C47H49N9O. The Bertz CT molecular complexity index is 2700. The van der Waals surface area contributed by atoms with E-state index < -0.39 is 0 Å². The lowest BCUT2D eigenvalue weighted by Crippen LogP contribution is -2.31. The summed E-state index contributed by atoms with van der Waals surface area (Å²) in [7, 11) is 24.2. The summed E-state index contributed by atoms with van der Waals surface area (Å²) in [6.45, 7) is 8.38. The number of anilines is 6. The average molecular weight is 756 g/mol. The van der Waals surface area contributed by atoms with Gasteiger partial charge in [0.05, 0.1) is 40.8 Å². The molecule has 57 heavy (non-hydrogen) atoms. The van der Waals surface area contributed by atoms with Crippen LogP contribution in [0.3, 0.4) is 0 Å². The molecule has 2 aliphatic rings. The minimum atomic E-state index is -0.239. The van der Waals surface area contributed by atoms with Crippen LogP contribution in [0.25, 0.3) is 37.5 Å². The van der Waals surface area contributed by atoms with Crippen molar-refractivity contribution in [2.45, 2.75) is 0 Å². The lowest BCUT2D eigenvalue weighted by atomic mass is 9.68. The first-order chi connectivity index (χ1) is 27.1. The van der Waals surface area contributed by atoms with Gasteiger partial charge in [-0.1, -0.05) is 42.2 Å². The number of allylic oxidation sites excluding steroid dienone is 3. The van der Waals surface area contributed by atoms with Crippen LogP contribution in [0, 0.1) is 17.9 Å². The molecule has 0 aliphatic heterocycles. The van der Waals surface area contributed by atoms with Crippen LogP contribution in [0.2, 0.25) is 0 Å². The van der Waals surface area contributed by atoms with Crippen LogP contribution in [0.5, 0.6) is 0 Å². The third kappa shape index (κ3) is 5.55. The lowest BCUT2D eigenvalue weighted by Gasteiger charge is -2.41. The van der Waals surface area contributed by atoms with Gasteiger partial charge in [0, 0.05) is 109 Å². The summed E-state index contributed by atoms with van der Waals surface area (Å²) in [6, 6.07) is 24.5. The van der Waals surface area contributed by atoms with Crippen molar-refractivity contribution in [1.82, 2.24) is 0 Å². The Hall–Kier alpha value is -6.91. The molecule has 2 N–H and O–H groups in total. The van der Waals surface area contributed by atoms with E-state index in [0.29, 0.717) is 38.9 Å². The zero-order valence-corrected chi connectivity index (χ0v) is 34.9. The van der Waals surface area contributed by atoms with Crippen LogP contribution < -0.4 is 35.3 Å². The smallest absolute Gasteiger partial charge is 0.270 e. The molecule has 10 nitrogen and oxygen atoms in total. The Kier molecular flexibility index (Phi) is 9.42. The fourth-order valence-electron chi connectivity index (χ4n) is 8.82. The first kappa shape index (κ1) is 38.4. The molecular weight excluding hydrogens is 707 g/mol. The number of nitriles is 1. The van der Waals surface area contributed by atoms with Crippen LogP contribution in [-0.2, 0) is 0 Å². The summed E-state index contributed by atoms with van der Waals surface area (Å²) in [5.74, 6) is -0.239. The highest BCUT2D eigenvalue weighted by atomic mass is 16.3. The molecule has 2 aliphatic carbocycles. The number of nitrogens with two attached hydrogens (primary N) is 1. The Labute approximate surface area is 336 Å². The van der Waals surface area contributed by atoms with Gasteiger partial charge in [0.15, 0.2) is 0 Å². The number of hydrogen-bond donors (Lipinski definition) is 1. The Morgan fingerprint density at radius 1 is 0.632 bits per heavy atom. The van der Waals surface area contributed by atoms with Crippen LogP contribution in [0.1, 0.15) is 27.8 Å². The second-order valence-electron chi connectivity index (χ2n) is 15.9. The normalized spacial score (nSPS) is 14.1. The Morgan fingerprint density at radius 2 is 1.14 bits per heavy atom. The van der Waals surface area contributed by atoms with E-state index in [-0.39, 0.29) is 11.5 Å². The predicted octanol–water partition coefficient (Wildman–Crippen LogP) is 6.61. The number of nitrogens with zero attached hydrogens (tertiary/aromatic N) is 8. The third-order valence-corrected chi connectivity index (χ3v) is 11.1. The van der Waals surface area contributed by atoms with Gasteiger partial charge in [-0.3, -0.25) is 0 Å². The van der Waals surface area contributed by atoms with Crippen molar-refractivity contribution in [1.29, 1.82) is 5.26 Å². The van der Waals surface area contributed by atoms with Crippen LogP contribution in [0.4, 0.5) is 34.1 Å². The molecule has 0 amide bonds. The molecule has 0 bridgehead atoms. The zero-order chi connectivity index (χ0) is 41.4. The van der Waals surface area contributed by atoms with Crippen LogP contribution >= 0.6 is 0 Å². The van der Waals surface area contributed by atoms with Gasteiger partial charge >= 0.3 is 0 Å². The van der Waals surface area contributed by atoms with E-state index >= 15 is 5.11 Å². The topological polar surface area (TPSA) is 96.4 Å². The first-order valence-electron chi connectivity index (χ1n) is 18.8. The van der Waals surface area contributed by atoms with E-state index in [1.54, 1.807) is 0 Å². The van der Waals surface area contributed by atoms with E-state index in [9.17, 15) is 5.26 Å². The van der Waals surface area contributed by atoms with Gasteiger partial charge in [-0.2, -0.15) is 0 Å². The minimum Gasteiger partial charge on any atom is -0.872 e. The molecule has 5 aromatic rings. The monoisotopic (exact) mass is 755 g/mol. The Morgan fingerprint density at radius 3 is 1.61 bits per heavy atom. The SMILES string of the molecule is [C-]#[N+]/C(C#N)=C1\C(=C2c3cccc(N(C)C)c3C(=[N+](C)C)c3c2cccc3N(C)C)C([O-])=C1c1c2cccc(N(C)C)c2c(N(C)C)c2c(N(C)C)ccc(N)c12. The second-order valence-corrected chi connectivity index (χ2v) is 15.9.